The molecule has 3 N–H and O–H groups in total. The maximum atomic E-state index is 12.2. The first-order chi connectivity index (χ1) is 8.90. The molecule has 0 atom stereocenters. The summed E-state index contributed by atoms with van der Waals surface area (Å²) in [7, 11) is -3.64. The molecular weight excluding hydrogens is 302 g/mol. The number of nitrogens with two attached hydrogens (primary N) is 1. The third kappa shape index (κ3) is 3.09. The van der Waals surface area contributed by atoms with E-state index in [2.05, 4.69) is 9.71 Å². The zero-order chi connectivity index (χ0) is 14.0. The molecule has 2 heterocycles. The number of pyridine rings is 1. The molecule has 0 aliphatic heterocycles. The standard InChI is InChI=1S/C11H11N3O2S3/c1-7-4-5-13-6-8(7)14-19(15,16)10-3-2-9(18-10)11(12)17/h2-6,14H,1H3,(H2,12,17). The molecule has 100 valence electrons. The summed E-state index contributed by atoms with van der Waals surface area (Å²) in [6.07, 6.45) is 3.07. The van der Waals surface area contributed by atoms with Crippen LogP contribution in [-0.4, -0.2) is 18.4 Å². The summed E-state index contributed by atoms with van der Waals surface area (Å²) in [6, 6.07) is 4.80. The fourth-order valence-electron chi connectivity index (χ4n) is 1.36. The number of aryl methyl sites for hydroxylation is 1. The van der Waals surface area contributed by atoms with Gasteiger partial charge < -0.3 is 5.73 Å². The van der Waals surface area contributed by atoms with Gasteiger partial charge in [-0.25, -0.2) is 8.42 Å². The molecule has 8 heteroatoms. The van der Waals surface area contributed by atoms with Crippen molar-refractivity contribution in [2.75, 3.05) is 4.72 Å². The van der Waals surface area contributed by atoms with E-state index in [9.17, 15) is 8.42 Å². The first-order valence-corrected chi connectivity index (χ1v) is 7.94. The maximum absolute atomic E-state index is 12.2. The van der Waals surface area contributed by atoms with Gasteiger partial charge in [0.05, 0.1) is 16.8 Å². The lowest BCUT2D eigenvalue weighted by atomic mass is 10.3. The van der Waals surface area contributed by atoms with Crippen LogP contribution < -0.4 is 10.5 Å². The number of thiophene rings is 1. The Morgan fingerprint density at radius 1 is 1.42 bits per heavy atom. The Balaban J connectivity index is 2.32. The van der Waals surface area contributed by atoms with Crippen molar-refractivity contribution in [2.24, 2.45) is 5.73 Å². The fourth-order valence-corrected chi connectivity index (χ4v) is 3.83. The lowest BCUT2D eigenvalue weighted by molar-refractivity contribution is 0.603. The second-order valence-corrected chi connectivity index (χ2v) is 7.21. The number of hydrogen-bond acceptors (Lipinski definition) is 5. The summed E-state index contributed by atoms with van der Waals surface area (Å²) in [6.45, 7) is 1.80. The quantitative estimate of drug-likeness (QED) is 0.842. The maximum Gasteiger partial charge on any atom is 0.271 e. The summed E-state index contributed by atoms with van der Waals surface area (Å²) in [5, 5.41) is 0. The van der Waals surface area contributed by atoms with E-state index in [1.165, 1.54) is 12.3 Å². The van der Waals surface area contributed by atoms with E-state index in [4.69, 9.17) is 18.0 Å². The Morgan fingerprint density at radius 2 is 2.16 bits per heavy atom. The Labute approximate surface area is 120 Å². The zero-order valence-electron chi connectivity index (χ0n) is 9.95. The lowest BCUT2D eigenvalue weighted by Crippen LogP contribution is -2.12. The minimum Gasteiger partial charge on any atom is -0.389 e. The SMILES string of the molecule is Cc1ccncc1NS(=O)(=O)c1ccc(C(N)=S)s1. The van der Waals surface area contributed by atoms with Gasteiger partial charge in [-0.15, -0.1) is 11.3 Å². The Kier molecular flexibility index (Phi) is 3.83. The molecule has 0 saturated heterocycles. The molecule has 0 fully saturated rings. The van der Waals surface area contributed by atoms with Crippen molar-refractivity contribution in [1.82, 2.24) is 4.98 Å². The highest BCUT2D eigenvalue weighted by Crippen LogP contribution is 2.24. The second-order valence-electron chi connectivity index (χ2n) is 3.78. The number of anilines is 1. The van der Waals surface area contributed by atoms with Crippen LogP contribution in [0, 0.1) is 6.92 Å². The Bertz CT molecular complexity index is 722. The molecule has 0 spiro atoms. The van der Waals surface area contributed by atoms with E-state index >= 15 is 0 Å². The highest BCUT2D eigenvalue weighted by molar-refractivity contribution is 7.94. The molecule has 0 unspecified atom stereocenters. The Morgan fingerprint density at radius 3 is 2.74 bits per heavy atom. The summed E-state index contributed by atoms with van der Waals surface area (Å²) >= 11 is 5.85. The molecule has 0 aromatic carbocycles. The van der Waals surface area contributed by atoms with Crippen molar-refractivity contribution in [1.29, 1.82) is 0 Å². The van der Waals surface area contributed by atoms with E-state index in [0.717, 1.165) is 16.9 Å². The lowest BCUT2D eigenvalue weighted by Gasteiger charge is -2.07. The highest BCUT2D eigenvalue weighted by atomic mass is 32.2. The van der Waals surface area contributed by atoms with E-state index in [0.29, 0.717) is 10.6 Å². The second kappa shape index (κ2) is 5.24. The van der Waals surface area contributed by atoms with E-state index in [1.807, 2.05) is 0 Å². The molecule has 0 aliphatic rings. The van der Waals surface area contributed by atoms with Gasteiger partial charge in [0.15, 0.2) is 0 Å². The predicted octanol–water partition coefficient (Wildman–Crippen LogP) is 1.89. The number of sulfonamides is 1. The normalized spacial score (nSPS) is 11.2. The molecule has 5 nitrogen and oxygen atoms in total. The van der Waals surface area contributed by atoms with Gasteiger partial charge in [-0.2, -0.15) is 0 Å². The number of nitrogens with one attached hydrogen (secondary N) is 1. The van der Waals surface area contributed by atoms with Crippen LogP contribution in [0.1, 0.15) is 10.4 Å². The zero-order valence-corrected chi connectivity index (χ0v) is 12.4. The van der Waals surface area contributed by atoms with Crippen LogP contribution in [0.2, 0.25) is 0 Å². The minimum absolute atomic E-state index is 0.165. The molecular formula is C11H11N3O2S3. The van der Waals surface area contributed by atoms with Crippen LogP contribution in [0.25, 0.3) is 0 Å². The van der Waals surface area contributed by atoms with Crippen LogP contribution >= 0.6 is 23.6 Å². The number of hydrogen-bond donors (Lipinski definition) is 2. The van der Waals surface area contributed by atoms with Crippen molar-refractivity contribution in [3.05, 3.63) is 41.0 Å². The molecule has 0 aliphatic carbocycles. The summed E-state index contributed by atoms with van der Waals surface area (Å²) in [5.41, 5.74) is 6.71. The summed E-state index contributed by atoms with van der Waals surface area (Å²) < 4.78 is 27.0. The van der Waals surface area contributed by atoms with Crippen molar-refractivity contribution in [3.63, 3.8) is 0 Å². The van der Waals surface area contributed by atoms with Gasteiger partial charge in [0.2, 0.25) is 0 Å². The molecule has 2 aromatic rings. The molecule has 0 radical (unpaired) electrons. The van der Waals surface area contributed by atoms with Crippen molar-refractivity contribution in [3.8, 4) is 0 Å². The first-order valence-electron chi connectivity index (χ1n) is 5.23. The fraction of sp³-hybridized carbons (Fsp3) is 0.0909. The van der Waals surface area contributed by atoms with E-state index < -0.39 is 10.0 Å². The highest BCUT2D eigenvalue weighted by Gasteiger charge is 2.18. The predicted molar refractivity (Wildman–Crippen MR) is 80.0 cm³/mol. The van der Waals surface area contributed by atoms with Gasteiger partial charge in [-0.1, -0.05) is 12.2 Å². The number of nitrogens with zero attached hydrogens (tertiary/aromatic N) is 1. The summed E-state index contributed by atoms with van der Waals surface area (Å²) in [5.74, 6) is 0. The topological polar surface area (TPSA) is 85.1 Å². The third-order valence-electron chi connectivity index (χ3n) is 2.37. The van der Waals surface area contributed by atoms with Crippen LogP contribution in [0.3, 0.4) is 0 Å². The van der Waals surface area contributed by atoms with Crippen molar-refractivity contribution in [2.45, 2.75) is 11.1 Å². The summed E-state index contributed by atoms with van der Waals surface area (Å²) in [4.78, 5) is 4.64. The van der Waals surface area contributed by atoms with E-state index in [-0.39, 0.29) is 9.20 Å². The average Bonchev–Trinajstić information content (AvgIpc) is 2.82. The van der Waals surface area contributed by atoms with Gasteiger partial charge in [0.25, 0.3) is 10.0 Å². The van der Waals surface area contributed by atoms with Gasteiger partial charge in [-0.3, -0.25) is 9.71 Å². The van der Waals surface area contributed by atoms with Crippen molar-refractivity contribution >= 4 is 44.3 Å². The number of rotatable bonds is 4. The molecule has 0 amide bonds. The van der Waals surface area contributed by atoms with E-state index in [1.54, 1.807) is 25.3 Å². The smallest absolute Gasteiger partial charge is 0.271 e. The molecule has 0 bridgehead atoms. The van der Waals surface area contributed by atoms with Crippen LogP contribution in [0.15, 0.2) is 34.8 Å². The van der Waals surface area contributed by atoms with Gasteiger partial charge in [-0.05, 0) is 30.7 Å². The minimum atomic E-state index is -3.64. The first kappa shape index (κ1) is 13.9. The Hall–Kier alpha value is -1.51. The van der Waals surface area contributed by atoms with Gasteiger partial charge in [0.1, 0.15) is 9.20 Å². The molecule has 2 aromatic heterocycles. The van der Waals surface area contributed by atoms with Crippen LogP contribution in [0.5, 0.6) is 0 Å². The number of aromatic nitrogens is 1. The van der Waals surface area contributed by atoms with Crippen LogP contribution in [0.4, 0.5) is 5.69 Å². The van der Waals surface area contributed by atoms with Crippen LogP contribution in [-0.2, 0) is 10.0 Å². The molecule has 2 rings (SSSR count). The average molecular weight is 313 g/mol. The van der Waals surface area contributed by atoms with Gasteiger partial charge >= 0.3 is 0 Å². The third-order valence-corrected chi connectivity index (χ3v) is 5.70. The van der Waals surface area contributed by atoms with Gasteiger partial charge in [0, 0.05) is 6.20 Å². The monoisotopic (exact) mass is 313 g/mol. The van der Waals surface area contributed by atoms with Crippen molar-refractivity contribution < 1.29 is 8.42 Å². The largest absolute Gasteiger partial charge is 0.389 e. The number of thiocarbonyl (C=S) groups is 1. The molecule has 19 heavy (non-hydrogen) atoms. The molecule has 0 saturated carbocycles.